The second-order valence-electron chi connectivity index (χ2n) is 3.88. The lowest BCUT2D eigenvalue weighted by molar-refractivity contribution is -0.385. The molecule has 18 heavy (non-hydrogen) atoms. The third kappa shape index (κ3) is 3.80. The Kier molecular flexibility index (Phi) is 5.23. The summed E-state index contributed by atoms with van der Waals surface area (Å²) in [6.07, 6.45) is 2.77. The predicted molar refractivity (Wildman–Crippen MR) is 64.9 cm³/mol. The smallest absolute Gasteiger partial charge is 0.282 e. The van der Waals surface area contributed by atoms with Gasteiger partial charge in [0.2, 0.25) is 0 Å². The molecule has 1 aromatic carbocycles. The normalized spacial score (nSPS) is 10.1. The first-order valence-electron chi connectivity index (χ1n) is 5.78. The van der Waals surface area contributed by atoms with E-state index in [9.17, 15) is 19.3 Å². The van der Waals surface area contributed by atoms with Crippen molar-refractivity contribution >= 4 is 11.6 Å². The van der Waals surface area contributed by atoms with Crippen molar-refractivity contribution in [2.45, 2.75) is 26.2 Å². The molecule has 1 aromatic rings. The van der Waals surface area contributed by atoms with E-state index in [0.717, 1.165) is 37.5 Å². The summed E-state index contributed by atoms with van der Waals surface area (Å²) < 4.78 is 13.0. The molecule has 0 atom stereocenters. The minimum absolute atomic E-state index is 0.239. The number of rotatable bonds is 6. The molecule has 0 aliphatic rings. The van der Waals surface area contributed by atoms with Crippen molar-refractivity contribution < 1.29 is 14.1 Å². The number of hydrogen-bond donors (Lipinski definition) is 1. The quantitative estimate of drug-likeness (QED) is 0.482. The maximum Gasteiger partial charge on any atom is 0.282 e. The van der Waals surface area contributed by atoms with Crippen LogP contribution in [0.5, 0.6) is 0 Å². The largest absolute Gasteiger partial charge is 0.352 e. The highest BCUT2D eigenvalue weighted by molar-refractivity contribution is 5.98. The molecule has 0 radical (unpaired) electrons. The van der Waals surface area contributed by atoms with E-state index in [1.54, 1.807) is 0 Å². The fourth-order valence-electron chi connectivity index (χ4n) is 1.52. The third-order valence-corrected chi connectivity index (χ3v) is 2.47. The second-order valence-corrected chi connectivity index (χ2v) is 3.88. The van der Waals surface area contributed by atoms with Crippen LogP contribution in [0, 0.1) is 15.9 Å². The van der Waals surface area contributed by atoms with E-state index >= 15 is 0 Å². The SMILES string of the molecule is CCCCCNC(=O)c1cc(F)ccc1[N+](=O)[O-]. The van der Waals surface area contributed by atoms with Crippen molar-refractivity contribution in [3.63, 3.8) is 0 Å². The molecule has 0 unspecified atom stereocenters. The summed E-state index contributed by atoms with van der Waals surface area (Å²) in [6.45, 7) is 2.46. The van der Waals surface area contributed by atoms with Crippen LogP contribution in [-0.2, 0) is 0 Å². The number of unbranched alkanes of at least 4 members (excludes halogenated alkanes) is 2. The highest BCUT2D eigenvalue weighted by Gasteiger charge is 2.20. The van der Waals surface area contributed by atoms with Gasteiger partial charge < -0.3 is 5.32 Å². The summed E-state index contributed by atoms with van der Waals surface area (Å²) in [7, 11) is 0. The zero-order chi connectivity index (χ0) is 13.5. The maximum atomic E-state index is 13.0. The van der Waals surface area contributed by atoms with E-state index < -0.39 is 16.6 Å². The van der Waals surface area contributed by atoms with E-state index in [1.807, 2.05) is 6.92 Å². The minimum Gasteiger partial charge on any atom is -0.352 e. The molecule has 0 saturated carbocycles. The van der Waals surface area contributed by atoms with Crippen LogP contribution in [-0.4, -0.2) is 17.4 Å². The van der Waals surface area contributed by atoms with Gasteiger partial charge in [0.25, 0.3) is 11.6 Å². The molecular weight excluding hydrogens is 239 g/mol. The van der Waals surface area contributed by atoms with E-state index in [2.05, 4.69) is 5.32 Å². The number of halogens is 1. The van der Waals surface area contributed by atoms with Crippen molar-refractivity contribution in [3.8, 4) is 0 Å². The van der Waals surface area contributed by atoms with E-state index in [4.69, 9.17) is 0 Å². The minimum atomic E-state index is -0.694. The van der Waals surface area contributed by atoms with Gasteiger partial charge in [0, 0.05) is 12.6 Å². The lowest BCUT2D eigenvalue weighted by Crippen LogP contribution is -2.25. The van der Waals surface area contributed by atoms with E-state index in [-0.39, 0.29) is 11.3 Å². The van der Waals surface area contributed by atoms with Crippen molar-refractivity contribution in [3.05, 3.63) is 39.7 Å². The molecule has 1 N–H and O–H groups in total. The zero-order valence-electron chi connectivity index (χ0n) is 10.1. The number of carbonyl (C=O) groups is 1. The molecular formula is C12H15FN2O3. The van der Waals surface area contributed by atoms with Crippen LogP contribution in [0.3, 0.4) is 0 Å². The van der Waals surface area contributed by atoms with Crippen molar-refractivity contribution in [1.82, 2.24) is 5.32 Å². The fourth-order valence-corrected chi connectivity index (χ4v) is 1.52. The second kappa shape index (κ2) is 6.68. The summed E-state index contributed by atoms with van der Waals surface area (Å²) in [5.74, 6) is -1.28. The average molecular weight is 254 g/mol. The van der Waals surface area contributed by atoms with E-state index in [1.165, 1.54) is 0 Å². The third-order valence-electron chi connectivity index (χ3n) is 2.47. The standard InChI is InChI=1S/C12H15FN2O3/c1-2-3-4-7-14-12(16)10-8-9(13)5-6-11(10)15(17)18/h5-6,8H,2-4,7H2,1H3,(H,14,16). The van der Waals surface area contributed by atoms with Gasteiger partial charge in [-0.2, -0.15) is 0 Å². The number of benzene rings is 1. The number of nitro benzene ring substituents is 1. The molecule has 0 aliphatic heterocycles. The molecule has 98 valence electrons. The summed E-state index contributed by atoms with van der Waals surface area (Å²) >= 11 is 0. The lowest BCUT2D eigenvalue weighted by Gasteiger charge is -2.05. The molecule has 1 rings (SSSR count). The van der Waals surface area contributed by atoms with Crippen molar-refractivity contribution in [2.24, 2.45) is 0 Å². The molecule has 0 spiro atoms. The van der Waals surface area contributed by atoms with Gasteiger partial charge >= 0.3 is 0 Å². The Hall–Kier alpha value is -1.98. The number of nitrogens with zero attached hydrogens (tertiary/aromatic N) is 1. The maximum absolute atomic E-state index is 13.0. The van der Waals surface area contributed by atoms with Crippen molar-refractivity contribution in [2.75, 3.05) is 6.54 Å². The topological polar surface area (TPSA) is 72.2 Å². The zero-order valence-corrected chi connectivity index (χ0v) is 10.1. The summed E-state index contributed by atoms with van der Waals surface area (Å²) in [5, 5.41) is 13.3. The molecule has 0 saturated heterocycles. The van der Waals surface area contributed by atoms with Crippen molar-refractivity contribution in [1.29, 1.82) is 0 Å². The van der Waals surface area contributed by atoms with Gasteiger partial charge in [-0.1, -0.05) is 19.8 Å². The van der Waals surface area contributed by atoms with Crippen LogP contribution in [0.4, 0.5) is 10.1 Å². The summed E-state index contributed by atoms with van der Waals surface area (Å²) in [6, 6.07) is 2.84. The Bertz CT molecular complexity index is 449. The van der Waals surface area contributed by atoms with Crippen LogP contribution in [0.15, 0.2) is 18.2 Å². The Morgan fingerprint density at radius 2 is 2.17 bits per heavy atom. The summed E-state index contributed by atoms with van der Waals surface area (Å²) in [5.41, 5.74) is -0.624. The van der Waals surface area contributed by atoms with Crippen LogP contribution < -0.4 is 5.32 Å². The highest BCUT2D eigenvalue weighted by atomic mass is 19.1. The molecule has 0 aromatic heterocycles. The monoisotopic (exact) mass is 254 g/mol. The first kappa shape index (κ1) is 14.1. The molecule has 5 nitrogen and oxygen atoms in total. The van der Waals surface area contributed by atoms with Crippen LogP contribution in [0.2, 0.25) is 0 Å². The van der Waals surface area contributed by atoms with Gasteiger partial charge in [-0.3, -0.25) is 14.9 Å². The van der Waals surface area contributed by atoms with Gasteiger partial charge in [0.05, 0.1) is 4.92 Å². The number of carbonyl (C=O) groups excluding carboxylic acids is 1. The average Bonchev–Trinajstić information content (AvgIpc) is 2.34. The Labute approximate surface area is 104 Å². The molecule has 0 aliphatic carbocycles. The number of nitro groups is 1. The first-order valence-corrected chi connectivity index (χ1v) is 5.78. The van der Waals surface area contributed by atoms with Gasteiger partial charge in [-0.25, -0.2) is 4.39 Å². The van der Waals surface area contributed by atoms with Crippen LogP contribution in [0.25, 0.3) is 0 Å². The molecule has 1 amide bonds. The van der Waals surface area contributed by atoms with Gasteiger partial charge in [0.15, 0.2) is 0 Å². The molecule has 6 heteroatoms. The number of amides is 1. The Morgan fingerprint density at radius 3 is 2.78 bits per heavy atom. The van der Waals surface area contributed by atoms with Crippen LogP contribution in [0.1, 0.15) is 36.5 Å². The number of hydrogen-bond acceptors (Lipinski definition) is 3. The molecule has 0 fully saturated rings. The first-order chi connectivity index (χ1) is 8.56. The highest BCUT2D eigenvalue weighted by Crippen LogP contribution is 2.19. The predicted octanol–water partition coefficient (Wildman–Crippen LogP) is 2.65. The Morgan fingerprint density at radius 1 is 1.44 bits per heavy atom. The Balaban J connectivity index is 2.77. The van der Waals surface area contributed by atoms with Gasteiger partial charge in [-0.05, 0) is 18.6 Å². The molecule has 0 bridgehead atoms. The van der Waals surface area contributed by atoms with Crippen LogP contribution >= 0.6 is 0 Å². The molecule has 0 heterocycles. The van der Waals surface area contributed by atoms with E-state index in [0.29, 0.717) is 6.54 Å². The fraction of sp³-hybridized carbons (Fsp3) is 0.417. The lowest BCUT2D eigenvalue weighted by atomic mass is 10.1. The van der Waals surface area contributed by atoms with Gasteiger partial charge in [-0.15, -0.1) is 0 Å². The summed E-state index contributed by atoms with van der Waals surface area (Å²) in [4.78, 5) is 21.7. The van der Waals surface area contributed by atoms with Gasteiger partial charge in [0.1, 0.15) is 11.4 Å². The number of nitrogens with one attached hydrogen (secondary N) is 1.